The Morgan fingerprint density at radius 1 is 1.07 bits per heavy atom. The van der Waals surface area contributed by atoms with E-state index in [9.17, 15) is 0 Å². The molecule has 0 spiro atoms. The van der Waals surface area contributed by atoms with E-state index in [1.165, 1.54) is 5.56 Å². The zero-order chi connectivity index (χ0) is 19.5. The maximum Gasteiger partial charge on any atom is 0.279 e. The second-order valence-electron chi connectivity index (χ2n) is 7.46. The van der Waals surface area contributed by atoms with Crippen LogP contribution >= 0.6 is 11.3 Å². The first-order chi connectivity index (χ1) is 14.3. The quantitative estimate of drug-likeness (QED) is 0.507. The van der Waals surface area contributed by atoms with Crippen LogP contribution in [0, 0.1) is 0 Å². The Labute approximate surface area is 173 Å². The van der Waals surface area contributed by atoms with Gasteiger partial charge in [0.2, 0.25) is 0 Å². The van der Waals surface area contributed by atoms with E-state index >= 15 is 0 Å². The van der Waals surface area contributed by atoms with Crippen LogP contribution < -0.4 is 4.74 Å². The minimum Gasteiger partial charge on any atom is -0.431 e. The van der Waals surface area contributed by atoms with E-state index in [0.717, 1.165) is 60.6 Å². The molecule has 1 fully saturated rings. The van der Waals surface area contributed by atoms with Gasteiger partial charge >= 0.3 is 0 Å². The van der Waals surface area contributed by atoms with Crippen molar-refractivity contribution in [2.75, 3.05) is 19.6 Å². The number of H-pyrrole nitrogens is 1. The largest absolute Gasteiger partial charge is 0.431 e. The SMILES string of the molecule is c1ccc2sc(Oc3ccc(CCN4CCC(c5c[nH]nn5)CC4)cc3)nc2c1. The Bertz CT molecular complexity index is 1020. The number of benzene rings is 2. The summed E-state index contributed by atoms with van der Waals surface area (Å²) >= 11 is 1.57. The Kier molecular flexibility index (Phi) is 5.23. The molecule has 1 saturated heterocycles. The number of aromatic amines is 1. The highest BCUT2D eigenvalue weighted by molar-refractivity contribution is 7.20. The summed E-state index contributed by atoms with van der Waals surface area (Å²) in [5, 5.41) is 11.5. The van der Waals surface area contributed by atoms with Crippen LogP contribution in [0.4, 0.5) is 0 Å². The highest BCUT2D eigenvalue weighted by atomic mass is 32.1. The lowest BCUT2D eigenvalue weighted by molar-refractivity contribution is 0.213. The number of hydrogen-bond donors (Lipinski definition) is 1. The number of aromatic nitrogens is 4. The fourth-order valence-corrected chi connectivity index (χ4v) is 4.70. The van der Waals surface area contributed by atoms with Gasteiger partial charge in [-0.25, -0.2) is 4.98 Å². The standard InChI is InChI=1S/C22H23N5OS/c1-2-4-21-19(3-1)24-22(29-21)28-18-7-5-16(6-8-18)9-12-27-13-10-17(11-14-27)20-15-23-26-25-20/h1-8,15,17H,9-14H2,(H,23,25,26). The zero-order valence-electron chi connectivity index (χ0n) is 16.1. The second-order valence-corrected chi connectivity index (χ2v) is 8.45. The first kappa shape index (κ1) is 18.3. The monoisotopic (exact) mass is 405 g/mol. The fraction of sp³-hybridized carbons (Fsp3) is 0.318. The summed E-state index contributed by atoms with van der Waals surface area (Å²) in [4.78, 5) is 7.08. The molecule has 2 aromatic heterocycles. The molecule has 0 aliphatic carbocycles. The summed E-state index contributed by atoms with van der Waals surface area (Å²) in [6, 6.07) is 16.5. The van der Waals surface area contributed by atoms with Crippen LogP contribution in [-0.4, -0.2) is 44.9 Å². The van der Waals surface area contributed by atoms with E-state index in [2.05, 4.69) is 43.5 Å². The molecule has 0 unspecified atom stereocenters. The lowest BCUT2D eigenvalue weighted by atomic mass is 9.94. The van der Waals surface area contributed by atoms with Crippen molar-refractivity contribution in [1.29, 1.82) is 0 Å². The molecule has 1 aliphatic heterocycles. The highest BCUT2D eigenvalue weighted by Gasteiger charge is 2.22. The van der Waals surface area contributed by atoms with Crippen molar-refractivity contribution in [3.63, 3.8) is 0 Å². The molecule has 4 aromatic rings. The van der Waals surface area contributed by atoms with Crippen LogP contribution in [0.5, 0.6) is 10.9 Å². The minimum atomic E-state index is 0.545. The molecule has 29 heavy (non-hydrogen) atoms. The molecule has 3 heterocycles. The normalized spacial score (nSPS) is 15.7. The van der Waals surface area contributed by atoms with Gasteiger partial charge in [-0.1, -0.05) is 40.8 Å². The molecule has 1 N–H and O–H groups in total. The first-order valence-electron chi connectivity index (χ1n) is 10.0. The Hall–Kier alpha value is -2.77. The van der Waals surface area contributed by atoms with Crippen LogP contribution in [0.2, 0.25) is 0 Å². The molecule has 148 valence electrons. The van der Waals surface area contributed by atoms with Gasteiger partial charge in [0.25, 0.3) is 5.19 Å². The van der Waals surface area contributed by atoms with Crippen LogP contribution in [0.1, 0.15) is 30.0 Å². The van der Waals surface area contributed by atoms with Gasteiger partial charge in [0, 0.05) is 18.7 Å². The average Bonchev–Trinajstić information content (AvgIpc) is 3.43. The van der Waals surface area contributed by atoms with E-state index in [1.807, 2.05) is 36.5 Å². The summed E-state index contributed by atoms with van der Waals surface area (Å²) in [5.74, 6) is 1.38. The third-order valence-electron chi connectivity index (χ3n) is 5.56. The molecule has 5 rings (SSSR count). The summed E-state index contributed by atoms with van der Waals surface area (Å²) in [6.45, 7) is 3.33. The van der Waals surface area contributed by atoms with Crippen molar-refractivity contribution < 1.29 is 4.74 Å². The molecule has 1 aliphatic rings. The van der Waals surface area contributed by atoms with Crippen molar-refractivity contribution >= 4 is 21.6 Å². The number of ether oxygens (including phenoxy) is 1. The Balaban J connectivity index is 1.12. The summed E-state index contributed by atoms with van der Waals surface area (Å²) in [7, 11) is 0. The fourth-order valence-electron chi connectivity index (χ4n) is 3.87. The number of piperidine rings is 1. The topological polar surface area (TPSA) is 66.9 Å². The number of para-hydroxylation sites is 1. The smallest absolute Gasteiger partial charge is 0.279 e. The van der Waals surface area contributed by atoms with E-state index in [1.54, 1.807) is 11.3 Å². The number of fused-ring (bicyclic) bond motifs is 1. The number of rotatable bonds is 6. The maximum absolute atomic E-state index is 5.94. The van der Waals surface area contributed by atoms with Crippen molar-refractivity contribution in [3.8, 4) is 10.9 Å². The predicted octanol–water partition coefficient (Wildman–Crippen LogP) is 4.63. The van der Waals surface area contributed by atoms with Crippen molar-refractivity contribution in [1.82, 2.24) is 25.3 Å². The summed E-state index contributed by atoms with van der Waals surface area (Å²) in [5.41, 5.74) is 3.42. The van der Waals surface area contributed by atoms with Gasteiger partial charge in [-0.2, -0.15) is 0 Å². The maximum atomic E-state index is 5.94. The Morgan fingerprint density at radius 2 is 1.90 bits per heavy atom. The average molecular weight is 406 g/mol. The molecule has 0 amide bonds. The lowest BCUT2D eigenvalue weighted by Gasteiger charge is -2.30. The number of nitrogens with one attached hydrogen (secondary N) is 1. The van der Waals surface area contributed by atoms with Crippen LogP contribution in [0.25, 0.3) is 10.2 Å². The van der Waals surface area contributed by atoms with Gasteiger partial charge in [0.05, 0.1) is 15.9 Å². The van der Waals surface area contributed by atoms with Crippen LogP contribution in [0.15, 0.2) is 54.7 Å². The molecule has 0 saturated carbocycles. The van der Waals surface area contributed by atoms with Crippen LogP contribution in [0.3, 0.4) is 0 Å². The molecular weight excluding hydrogens is 382 g/mol. The summed E-state index contributed by atoms with van der Waals surface area (Å²) < 4.78 is 7.09. The van der Waals surface area contributed by atoms with E-state index in [4.69, 9.17) is 4.74 Å². The molecule has 0 bridgehead atoms. The lowest BCUT2D eigenvalue weighted by Crippen LogP contribution is -2.34. The van der Waals surface area contributed by atoms with Gasteiger partial charge in [0.1, 0.15) is 5.75 Å². The van der Waals surface area contributed by atoms with Crippen molar-refractivity contribution in [2.24, 2.45) is 0 Å². The van der Waals surface area contributed by atoms with Gasteiger partial charge in [-0.05, 0) is 62.2 Å². The zero-order valence-corrected chi connectivity index (χ0v) is 16.9. The van der Waals surface area contributed by atoms with Gasteiger partial charge in [0.15, 0.2) is 0 Å². The number of thiazole rings is 1. The summed E-state index contributed by atoms with van der Waals surface area (Å²) in [6.07, 6.45) is 5.29. The predicted molar refractivity (Wildman–Crippen MR) is 115 cm³/mol. The molecule has 7 heteroatoms. The van der Waals surface area contributed by atoms with Crippen LogP contribution in [-0.2, 0) is 6.42 Å². The molecule has 6 nitrogen and oxygen atoms in total. The molecule has 0 atom stereocenters. The van der Waals surface area contributed by atoms with Crippen molar-refractivity contribution in [2.45, 2.75) is 25.2 Å². The third kappa shape index (κ3) is 4.31. The number of nitrogens with zero attached hydrogens (tertiary/aromatic N) is 4. The second kappa shape index (κ2) is 8.31. The van der Waals surface area contributed by atoms with Gasteiger partial charge in [-0.3, -0.25) is 5.10 Å². The number of hydrogen-bond acceptors (Lipinski definition) is 6. The molecule has 2 aromatic carbocycles. The first-order valence-corrected chi connectivity index (χ1v) is 10.9. The van der Waals surface area contributed by atoms with Gasteiger partial charge in [-0.15, -0.1) is 5.10 Å². The molecule has 0 radical (unpaired) electrons. The van der Waals surface area contributed by atoms with Gasteiger partial charge < -0.3 is 9.64 Å². The molecular formula is C22H23N5OS. The van der Waals surface area contributed by atoms with E-state index < -0.39 is 0 Å². The van der Waals surface area contributed by atoms with E-state index in [0.29, 0.717) is 11.1 Å². The number of likely N-dealkylation sites (tertiary alicyclic amines) is 1. The third-order valence-corrected chi connectivity index (χ3v) is 6.48. The highest BCUT2D eigenvalue weighted by Crippen LogP contribution is 2.31. The van der Waals surface area contributed by atoms with E-state index in [-0.39, 0.29) is 0 Å². The Morgan fingerprint density at radius 3 is 2.66 bits per heavy atom. The van der Waals surface area contributed by atoms with Crippen molar-refractivity contribution in [3.05, 3.63) is 66.0 Å². The minimum absolute atomic E-state index is 0.545.